The fourth-order valence-corrected chi connectivity index (χ4v) is 3.35. The molecule has 0 saturated heterocycles. The Hall–Kier alpha value is -3.49. The number of hydrogen-bond acceptors (Lipinski definition) is 5. The Labute approximate surface area is 172 Å². The van der Waals surface area contributed by atoms with Crippen LogP contribution in [-0.4, -0.2) is 32.8 Å². The fourth-order valence-electron chi connectivity index (χ4n) is 3.35. The number of nitrogens with one attached hydrogen (secondary N) is 2. The van der Waals surface area contributed by atoms with E-state index in [2.05, 4.69) is 20.7 Å². The van der Waals surface area contributed by atoms with Gasteiger partial charge in [0, 0.05) is 37.6 Å². The van der Waals surface area contributed by atoms with Crippen molar-refractivity contribution in [1.29, 1.82) is 0 Å². The minimum Gasteiger partial charge on any atom is -0.490 e. The number of nitrogens with zero attached hydrogens (tertiary/aromatic N) is 3. The molecule has 1 aliphatic carbocycles. The van der Waals surface area contributed by atoms with Crippen molar-refractivity contribution >= 4 is 17.5 Å². The molecular weight excluding hydrogens is 392 g/mol. The van der Waals surface area contributed by atoms with Gasteiger partial charge in [-0.1, -0.05) is 0 Å². The van der Waals surface area contributed by atoms with Gasteiger partial charge in [-0.25, -0.2) is 13.5 Å². The molecule has 4 rings (SSSR count). The first-order valence-corrected chi connectivity index (χ1v) is 9.55. The van der Waals surface area contributed by atoms with Gasteiger partial charge in [0.15, 0.2) is 0 Å². The fraction of sp³-hybridized carbons (Fsp3) is 0.286. The highest BCUT2D eigenvalue weighted by Gasteiger charge is 2.31. The molecule has 1 aliphatic rings. The third kappa shape index (κ3) is 4.56. The Morgan fingerprint density at radius 1 is 1.17 bits per heavy atom. The Bertz CT molecular complexity index is 1060. The van der Waals surface area contributed by atoms with E-state index >= 15 is 0 Å². The smallest absolute Gasteiger partial charge is 0.246 e. The van der Waals surface area contributed by atoms with Gasteiger partial charge in [-0.3, -0.25) is 4.79 Å². The summed E-state index contributed by atoms with van der Waals surface area (Å²) in [5, 5.41) is 10.2. The summed E-state index contributed by atoms with van der Waals surface area (Å²) in [6, 6.07) is 8.94. The van der Waals surface area contributed by atoms with Crippen molar-refractivity contribution in [1.82, 2.24) is 20.1 Å². The number of amides is 1. The molecule has 0 spiro atoms. The summed E-state index contributed by atoms with van der Waals surface area (Å²) >= 11 is 0. The van der Waals surface area contributed by atoms with Crippen molar-refractivity contribution in [2.75, 3.05) is 5.32 Å². The lowest BCUT2D eigenvalue weighted by atomic mass is 9.89. The van der Waals surface area contributed by atoms with Crippen LogP contribution < -0.4 is 15.4 Å². The van der Waals surface area contributed by atoms with Crippen LogP contribution in [0.4, 0.5) is 20.4 Å². The van der Waals surface area contributed by atoms with Crippen LogP contribution in [-0.2, 0) is 4.79 Å². The lowest BCUT2D eigenvalue weighted by Gasteiger charge is -2.35. The standard InChI is InChI=1S/C21H21F2N5O2/c1-12-5-16(3-4-20(12)30-19-9-17(10-19)25-13(2)29)26-21-24-11-28(27-21)18-7-14(22)6-15(23)8-18/h3-8,11,17,19H,9-10H2,1-2H3,(H,25,29)(H,26,27). The number of aromatic nitrogens is 3. The highest BCUT2D eigenvalue weighted by atomic mass is 19.1. The zero-order valence-electron chi connectivity index (χ0n) is 16.5. The maximum atomic E-state index is 13.4. The molecule has 3 aromatic rings. The minimum absolute atomic E-state index is 0.0244. The van der Waals surface area contributed by atoms with Crippen LogP contribution in [0, 0.1) is 18.6 Å². The lowest BCUT2D eigenvalue weighted by molar-refractivity contribution is -0.120. The van der Waals surface area contributed by atoms with E-state index < -0.39 is 11.6 Å². The van der Waals surface area contributed by atoms with E-state index in [9.17, 15) is 13.6 Å². The molecule has 2 N–H and O–H groups in total. The van der Waals surface area contributed by atoms with Gasteiger partial charge in [0.05, 0.1) is 5.69 Å². The molecule has 1 fully saturated rings. The second-order valence-corrected chi connectivity index (χ2v) is 7.35. The monoisotopic (exact) mass is 413 g/mol. The number of carbonyl (C=O) groups excluding carboxylic acids is 1. The summed E-state index contributed by atoms with van der Waals surface area (Å²) in [6.45, 7) is 3.45. The van der Waals surface area contributed by atoms with Gasteiger partial charge < -0.3 is 15.4 Å². The molecule has 0 aliphatic heterocycles. The molecular formula is C21H21F2N5O2. The Morgan fingerprint density at radius 2 is 1.90 bits per heavy atom. The number of halogens is 2. The average Bonchev–Trinajstić information content (AvgIpc) is 3.09. The van der Waals surface area contributed by atoms with Crippen molar-refractivity contribution in [2.24, 2.45) is 0 Å². The van der Waals surface area contributed by atoms with Crippen molar-refractivity contribution in [3.63, 3.8) is 0 Å². The second kappa shape index (κ2) is 8.10. The highest BCUT2D eigenvalue weighted by Crippen LogP contribution is 2.30. The van der Waals surface area contributed by atoms with E-state index in [0.717, 1.165) is 35.9 Å². The normalized spacial score (nSPS) is 17.9. The number of anilines is 2. The molecule has 2 aromatic carbocycles. The number of aryl methyl sites for hydroxylation is 1. The quantitative estimate of drug-likeness (QED) is 0.645. The minimum atomic E-state index is -0.684. The number of benzene rings is 2. The Balaban J connectivity index is 1.38. The molecule has 30 heavy (non-hydrogen) atoms. The SMILES string of the molecule is CC(=O)NC1CC(Oc2ccc(Nc3ncn(-c4cc(F)cc(F)c4)n3)cc2C)C1. The topological polar surface area (TPSA) is 81.1 Å². The molecule has 1 saturated carbocycles. The summed E-state index contributed by atoms with van der Waals surface area (Å²) in [6.07, 6.45) is 3.05. The van der Waals surface area contributed by atoms with Crippen molar-refractivity contribution in [2.45, 2.75) is 38.8 Å². The van der Waals surface area contributed by atoms with E-state index in [-0.39, 0.29) is 23.7 Å². The molecule has 9 heteroatoms. The summed E-state index contributed by atoms with van der Waals surface area (Å²) in [4.78, 5) is 15.2. The number of ether oxygens (including phenoxy) is 1. The Morgan fingerprint density at radius 3 is 2.57 bits per heavy atom. The third-order valence-corrected chi connectivity index (χ3v) is 4.83. The molecule has 1 amide bonds. The zero-order chi connectivity index (χ0) is 21.3. The van der Waals surface area contributed by atoms with E-state index in [1.165, 1.54) is 30.1 Å². The maximum absolute atomic E-state index is 13.4. The van der Waals surface area contributed by atoms with E-state index in [0.29, 0.717) is 5.95 Å². The molecule has 0 radical (unpaired) electrons. The first kappa shape index (κ1) is 19.8. The average molecular weight is 413 g/mol. The first-order chi connectivity index (χ1) is 14.4. The third-order valence-electron chi connectivity index (χ3n) is 4.83. The van der Waals surface area contributed by atoms with E-state index in [1.807, 2.05) is 25.1 Å². The van der Waals surface area contributed by atoms with Gasteiger partial charge in [-0.15, -0.1) is 5.10 Å². The number of hydrogen-bond donors (Lipinski definition) is 2. The van der Waals surface area contributed by atoms with Gasteiger partial charge in [-0.2, -0.15) is 4.98 Å². The van der Waals surface area contributed by atoms with Crippen LogP contribution in [0.5, 0.6) is 5.75 Å². The highest BCUT2D eigenvalue weighted by molar-refractivity contribution is 5.73. The van der Waals surface area contributed by atoms with Crippen LogP contribution in [0.1, 0.15) is 25.3 Å². The van der Waals surface area contributed by atoms with Crippen molar-refractivity contribution < 1.29 is 18.3 Å². The largest absolute Gasteiger partial charge is 0.490 e. The second-order valence-electron chi connectivity index (χ2n) is 7.35. The first-order valence-electron chi connectivity index (χ1n) is 9.55. The van der Waals surface area contributed by atoms with Crippen LogP contribution in [0.3, 0.4) is 0 Å². The molecule has 7 nitrogen and oxygen atoms in total. The number of rotatable bonds is 6. The zero-order valence-corrected chi connectivity index (χ0v) is 16.5. The summed E-state index contributed by atoms with van der Waals surface area (Å²) in [7, 11) is 0. The predicted octanol–water partition coefficient (Wildman–Crippen LogP) is 3.64. The number of carbonyl (C=O) groups is 1. The Kier molecular flexibility index (Phi) is 5.35. The summed E-state index contributed by atoms with van der Waals surface area (Å²) in [5.74, 6) is -0.318. The summed E-state index contributed by atoms with van der Waals surface area (Å²) in [5.41, 5.74) is 1.94. The van der Waals surface area contributed by atoms with Gasteiger partial charge in [0.2, 0.25) is 11.9 Å². The molecule has 1 heterocycles. The van der Waals surface area contributed by atoms with Crippen molar-refractivity contribution in [3.8, 4) is 11.4 Å². The van der Waals surface area contributed by atoms with E-state index in [4.69, 9.17) is 4.74 Å². The summed E-state index contributed by atoms with van der Waals surface area (Å²) < 4.78 is 34.1. The predicted molar refractivity (Wildman–Crippen MR) is 107 cm³/mol. The van der Waals surface area contributed by atoms with Gasteiger partial charge in [0.1, 0.15) is 29.8 Å². The van der Waals surface area contributed by atoms with Crippen LogP contribution in [0.2, 0.25) is 0 Å². The van der Waals surface area contributed by atoms with Gasteiger partial charge >= 0.3 is 0 Å². The molecule has 0 unspecified atom stereocenters. The van der Waals surface area contributed by atoms with Crippen molar-refractivity contribution in [3.05, 3.63) is 59.9 Å². The maximum Gasteiger partial charge on any atom is 0.246 e. The lowest BCUT2D eigenvalue weighted by Crippen LogP contribution is -2.48. The van der Waals surface area contributed by atoms with Gasteiger partial charge in [0.25, 0.3) is 0 Å². The van der Waals surface area contributed by atoms with Gasteiger partial charge in [-0.05, 0) is 42.8 Å². The van der Waals surface area contributed by atoms with Crippen LogP contribution in [0.15, 0.2) is 42.7 Å². The molecule has 156 valence electrons. The van der Waals surface area contributed by atoms with Crippen LogP contribution in [0.25, 0.3) is 5.69 Å². The molecule has 0 bridgehead atoms. The molecule has 1 aromatic heterocycles. The van der Waals surface area contributed by atoms with E-state index in [1.54, 1.807) is 0 Å². The molecule has 0 atom stereocenters. The van der Waals surface area contributed by atoms with Crippen LogP contribution >= 0.6 is 0 Å².